The van der Waals surface area contributed by atoms with Gasteiger partial charge in [0, 0.05) is 27.2 Å². The smallest absolute Gasteiger partial charge is 0.160 e. The molecule has 0 aliphatic heterocycles. The lowest BCUT2D eigenvalue weighted by atomic mass is 9.62. The summed E-state index contributed by atoms with van der Waals surface area (Å²) < 4.78 is 9.20. The van der Waals surface area contributed by atoms with Crippen LogP contribution < -0.4 is 0 Å². The molecular formula is C49H33NO. The maximum Gasteiger partial charge on any atom is 0.160 e. The molecule has 2 aliphatic carbocycles. The van der Waals surface area contributed by atoms with E-state index in [1.807, 2.05) is 0 Å². The minimum Gasteiger partial charge on any atom is -0.454 e. The Bertz CT molecular complexity index is 2890. The number of hydrogen-bond donors (Lipinski definition) is 0. The molecule has 2 atom stereocenters. The maximum absolute atomic E-state index is 6.80. The Morgan fingerprint density at radius 2 is 1.29 bits per heavy atom. The number of para-hydroxylation sites is 3. The molecule has 2 aliphatic rings. The van der Waals surface area contributed by atoms with Crippen LogP contribution in [0.5, 0.6) is 0 Å². The summed E-state index contributed by atoms with van der Waals surface area (Å²) in [5.74, 6) is 0.267. The molecule has 0 bridgehead atoms. The molecule has 0 radical (unpaired) electrons. The van der Waals surface area contributed by atoms with Gasteiger partial charge in [0.25, 0.3) is 0 Å². The first-order valence-electron chi connectivity index (χ1n) is 17.9. The highest BCUT2D eigenvalue weighted by Crippen LogP contribution is 2.59. The van der Waals surface area contributed by atoms with Crippen molar-refractivity contribution in [2.75, 3.05) is 0 Å². The van der Waals surface area contributed by atoms with Gasteiger partial charge in [-0.3, -0.25) is 0 Å². The molecule has 2 heterocycles. The summed E-state index contributed by atoms with van der Waals surface area (Å²) in [7, 11) is 0. The van der Waals surface area contributed by atoms with Crippen LogP contribution in [0, 0.1) is 5.92 Å². The Balaban J connectivity index is 1.29. The van der Waals surface area contributed by atoms with Crippen molar-refractivity contribution in [1.29, 1.82) is 0 Å². The van der Waals surface area contributed by atoms with Crippen molar-refractivity contribution in [1.82, 2.24) is 4.57 Å². The van der Waals surface area contributed by atoms with Crippen LogP contribution in [0.15, 0.2) is 186 Å². The van der Waals surface area contributed by atoms with Crippen LogP contribution in [0.4, 0.5) is 0 Å². The molecular weight excluding hydrogens is 619 g/mol. The van der Waals surface area contributed by atoms with Gasteiger partial charge in [0.1, 0.15) is 5.58 Å². The van der Waals surface area contributed by atoms with Crippen molar-refractivity contribution >= 4 is 43.7 Å². The third kappa shape index (κ3) is 3.88. The molecule has 0 fully saturated rings. The van der Waals surface area contributed by atoms with Gasteiger partial charge in [-0.15, -0.1) is 0 Å². The molecule has 0 saturated heterocycles. The molecule has 2 heteroatoms. The third-order valence-electron chi connectivity index (χ3n) is 11.5. The molecule has 9 aromatic rings. The van der Waals surface area contributed by atoms with E-state index in [1.54, 1.807) is 0 Å². The summed E-state index contributed by atoms with van der Waals surface area (Å²) in [5, 5.41) is 4.69. The van der Waals surface area contributed by atoms with Gasteiger partial charge in [0.05, 0.1) is 16.4 Å². The number of fused-ring (bicyclic) bond motifs is 10. The van der Waals surface area contributed by atoms with E-state index < -0.39 is 0 Å². The molecule has 7 aromatic carbocycles. The Morgan fingerprint density at radius 1 is 0.569 bits per heavy atom. The van der Waals surface area contributed by atoms with Gasteiger partial charge in [-0.25, -0.2) is 0 Å². The van der Waals surface area contributed by atoms with Crippen LogP contribution in [-0.4, -0.2) is 4.57 Å². The summed E-state index contributed by atoms with van der Waals surface area (Å²) in [4.78, 5) is 0. The standard InChI is InChI=1S/C49H33NO/c1-4-16-33(17-5-1)49(34-18-6-2-7-19-34)42-25-13-10-22-36(42)37-29-28-32(30-43(37)49)40-31-41-38-23-12-15-27-45(38)51-48(41)47-46(40)39-24-11-14-26-44(39)50(47)35-20-8-3-9-21-35/h1-18,20-31,34H,19H2. The van der Waals surface area contributed by atoms with E-state index in [4.69, 9.17) is 4.42 Å². The number of aromatic nitrogens is 1. The molecule has 0 spiro atoms. The summed E-state index contributed by atoms with van der Waals surface area (Å²) in [5.41, 5.74) is 14.0. The van der Waals surface area contributed by atoms with Gasteiger partial charge in [0.2, 0.25) is 0 Å². The van der Waals surface area contributed by atoms with Crippen molar-refractivity contribution in [3.05, 3.63) is 199 Å². The normalized spacial score (nSPS) is 17.8. The van der Waals surface area contributed by atoms with E-state index in [1.165, 1.54) is 55.2 Å². The third-order valence-corrected chi connectivity index (χ3v) is 11.5. The molecule has 11 rings (SSSR count). The van der Waals surface area contributed by atoms with Crippen LogP contribution in [0.2, 0.25) is 0 Å². The quantitative estimate of drug-likeness (QED) is 0.185. The predicted molar refractivity (Wildman–Crippen MR) is 212 cm³/mol. The number of furan rings is 1. The molecule has 0 saturated carbocycles. The van der Waals surface area contributed by atoms with E-state index in [2.05, 4.69) is 187 Å². The Morgan fingerprint density at radius 3 is 2.14 bits per heavy atom. The molecule has 2 aromatic heterocycles. The largest absolute Gasteiger partial charge is 0.454 e. The van der Waals surface area contributed by atoms with Crippen LogP contribution in [0.25, 0.3) is 71.7 Å². The Labute approximate surface area is 296 Å². The van der Waals surface area contributed by atoms with E-state index in [0.717, 1.165) is 39.6 Å². The first-order chi connectivity index (χ1) is 25.3. The number of hydrogen-bond acceptors (Lipinski definition) is 1. The summed E-state index contributed by atoms with van der Waals surface area (Å²) >= 11 is 0. The number of rotatable bonds is 4. The van der Waals surface area contributed by atoms with E-state index in [-0.39, 0.29) is 11.3 Å². The number of nitrogens with zero attached hydrogens (tertiary/aromatic N) is 1. The van der Waals surface area contributed by atoms with Gasteiger partial charge in [0.15, 0.2) is 5.58 Å². The lowest BCUT2D eigenvalue weighted by Crippen LogP contribution is -2.35. The lowest BCUT2D eigenvalue weighted by molar-refractivity contribution is 0.457. The lowest BCUT2D eigenvalue weighted by Gasteiger charge is -2.39. The second-order valence-corrected chi connectivity index (χ2v) is 13.9. The Kier molecular flexibility index (Phi) is 6.03. The van der Waals surface area contributed by atoms with Crippen molar-refractivity contribution in [2.24, 2.45) is 5.92 Å². The van der Waals surface area contributed by atoms with E-state index >= 15 is 0 Å². The average Bonchev–Trinajstić information content (AvgIpc) is 3.85. The van der Waals surface area contributed by atoms with Gasteiger partial charge >= 0.3 is 0 Å². The zero-order valence-corrected chi connectivity index (χ0v) is 28.0. The van der Waals surface area contributed by atoms with Gasteiger partial charge in [-0.05, 0) is 87.7 Å². The highest BCUT2D eigenvalue weighted by Gasteiger charge is 2.49. The first-order valence-corrected chi connectivity index (χ1v) is 17.9. The molecule has 2 unspecified atom stereocenters. The average molecular weight is 652 g/mol. The summed E-state index contributed by atoms with van der Waals surface area (Å²) in [6.07, 6.45) is 10.2. The van der Waals surface area contributed by atoms with Crippen molar-refractivity contribution in [3.8, 4) is 27.9 Å². The maximum atomic E-state index is 6.80. The molecule has 51 heavy (non-hydrogen) atoms. The second-order valence-electron chi connectivity index (χ2n) is 13.9. The van der Waals surface area contributed by atoms with Crippen molar-refractivity contribution in [2.45, 2.75) is 11.8 Å². The minimum absolute atomic E-state index is 0.267. The van der Waals surface area contributed by atoms with Crippen LogP contribution in [-0.2, 0) is 5.41 Å². The molecule has 2 nitrogen and oxygen atoms in total. The molecule has 240 valence electrons. The van der Waals surface area contributed by atoms with Gasteiger partial charge in [-0.1, -0.05) is 146 Å². The number of benzene rings is 7. The van der Waals surface area contributed by atoms with Crippen LogP contribution in [0.3, 0.4) is 0 Å². The van der Waals surface area contributed by atoms with Crippen molar-refractivity contribution < 1.29 is 4.42 Å². The van der Waals surface area contributed by atoms with E-state index in [0.29, 0.717) is 0 Å². The SMILES string of the molecule is C1=CCC(C2(c3ccccc3)c3ccccc3-c3ccc(-c4cc5c6ccccc6oc5c5c4c4ccccc4n5-c4ccccc4)cc32)C=C1. The highest BCUT2D eigenvalue weighted by atomic mass is 16.3. The fraction of sp³-hybridized carbons (Fsp3) is 0.0612. The zero-order chi connectivity index (χ0) is 33.5. The van der Waals surface area contributed by atoms with Crippen LogP contribution in [0.1, 0.15) is 23.1 Å². The monoisotopic (exact) mass is 651 g/mol. The topological polar surface area (TPSA) is 18.1 Å². The first kappa shape index (κ1) is 28.5. The summed E-state index contributed by atoms with van der Waals surface area (Å²) in [6.45, 7) is 0. The molecule has 0 amide bonds. The molecule has 0 N–H and O–H groups in total. The summed E-state index contributed by atoms with van der Waals surface area (Å²) in [6, 6.07) is 57.9. The fourth-order valence-electron chi connectivity index (χ4n) is 9.41. The zero-order valence-electron chi connectivity index (χ0n) is 28.0. The predicted octanol–water partition coefficient (Wildman–Crippen LogP) is 12.8. The minimum atomic E-state index is -0.339. The van der Waals surface area contributed by atoms with Crippen LogP contribution >= 0.6 is 0 Å². The number of allylic oxidation sites excluding steroid dienone is 4. The second kappa shape index (κ2) is 10.8. The van der Waals surface area contributed by atoms with E-state index in [9.17, 15) is 0 Å². The Hall–Kier alpha value is -6.38. The highest BCUT2D eigenvalue weighted by molar-refractivity contribution is 6.26. The van der Waals surface area contributed by atoms with Gasteiger partial charge in [-0.2, -0.15) is 0 Å². The fourth-order valence-corrected chi connectivity index (χ4v) is 9.41. The van der Waals surface area contributed by atoms with Gasteiger partial charge < -0.3 is 8.98 Å². The van der Waals surface area contributed by atoms with Crippen molar-refractivity contribution in [3.63, 3.8) is 0 Å².